The number of carboxylic acids is 1. The molecular weight excluding hydrogens is 492 g/mol. The summed E-state index contributed by atoms with van der Waals surface area (Å²) in [5.41, 5.74) is 2.71. The van der Waals surface area contributed by atoms with E-state index in [2.05, 4.69) is 42.9 Å². The molecule has 2 heterocycles. The SMILES string of the molecule is CC(=C[C@@H](C(C)C)N(C)C(=O)C(NC(=O)[C@@H]1[NH+](C)Cc2c(c3ccccc3n2C)C1(C)C)C(C)(C)C)C(=O)O. The van der Waals surface area contributed by atoms with Crippen LogP contribution in [0, 0.1) is 11.3 Å². The van der Waals surface area contributed by atoms with E-state index < -0.39 is 34.9 Å². The fraction of sp³-hybridized carbons (Fsp3) is 0.581. The number of aromatic nitrogens is 1. The fourth-order valence-corrected chi connectivity index (χ4v) is 6.35. The average Bonchev–Trinajstić information content (AvgIpc) is 3.11. The summed E-state index contributed by atoms with van der Waals surface area (Å²) in [6, 6.07) is 6.70. The molecule has 39 heavy (non-hydrogen) atoms. The molecule has 2 unspecified atom stereocenters. The smallest absolute Gasteiger partial charge is 0.331 e. The Balaban J connectivity index is 1.98. The van der Waals surface area contributed by atoms with Crippen molar-refractivity contribution in [3.8, 4) is 0 Å². The second kappa shape index (κ2) is 10.8. The topological polar surface area (TPSA) is 96.1 Å². The first-order valence-corrected chi connectivity index (χ1v) is 13.8. The fourth-order valence-electron chi connectivity index (χ4n) is 6.35. The highest BCUT2D eigenvalue weighted by molar-refractivity contribution is 5.93. The predicted octanol–water partition coefficient (Wildman–Crippen LogP) is 2.90. The zero-order valence-corrected chi connectivity index (χ0v) is 25.5. The van der Waals surface area contributed by atoms with E-state index in [4.69, 9.17) is 0 Å². The van der Waals surface area contributed by atoms with Crippen LogP contribution in [0.2, 0.25) is 0 Å². The van der Waals surface area contributed by atoms with Crippen molar-refractivity contribution in [2.45, 2.75) is 85.5 Å². The number of fused-ring (bicyclic) bond motifs is 3. The van der Waals surface area contributed by atoms with Crippen molar-refractivity contribution in [2.24, 2.45) is 18.4 Å². The number of aliphatic carboxylic acids is 1. The zero-order chi connectivity index (χ0) is 29.6. The van der Waals surface area contributed by atoms with Crippen LogP contribution in [-0.4, -0.2) is 64.6 Å². The minimum Gasteiger partial charge on any atom is -0.478 e. The number of quaternary nitrogens is 1. The van der Waals surface area contributed by atoms with Gasteiger partial charge in [0.05, 0.1) is 24.2 Å². The van der Waals surface area contributed by atoms with Crippen molar-refractivity contribution in [1.29, 1.82) is 0 Å². The molecule has 0 fully saturated rings. The van der Waals surface area contributed by atoms with Crippen molar-refractivity contribution < 1.29 is 24.4 Å². The van der Waals surface area contributed by atoms with Crippen molar-refractivity contribution in [1.82, 2.24) is 14.8 Å². The molecule has 2 amide bonds. The summed E-state index contributed by atoms with van der Waals surface area (Å²) in [6.45, 7) is 16.2. The highest BCUT2D eigenvalue weighted by Gasteiger charge is 2.51. The number of aryl methyl sites for hydroxylation is 1. The van der Waals surface area contributed by atoms with E-state index in [9.17, 15) is 19.5 Å². The van der Waals surface area contributed by atoms with Crippen molar-refractivity contribution in [3.63, 3.8) is 0 Å². The van der Waals surface area contributed by atoms with E-state index in [-0.39, 0.29) is 23.3 Å². The Hall–Kier alpha value is -3.13. The molecule has 1 aromatic carbocycles. The minimum atomic E-state index is -1.01. The van der Waals surface area contributed by atoms with Crippen LogP contribution in [-0.2, 0) is 33.4 Å². The first kappa shape index (κ1) is 30.4. The van der Waals surface area contributed by atoms with Crippen molar-refractivity contribution in [2.75, 3.05) is 14.1 Å². The Labute approximate surface area is 233 Å². The lowest BCUT2D eigenvalue weighted by Crippen LogP contribution is -3.16. The normalized spacial score (nSPS) is 20.9. The van der Waals surface area contributed by atoms with Gasteiger partial charge in [0.15, 0.2) is 6.04 Å². The lowest BCUT2D eigenvalue weighted by Gasteiger charge is -2.43. The average molecular weight is 540 g/mol. The quantitative estimate of drug-likeness (QED) is 0.472. The number of likely N-dealkylation sites (N-methyl/N-ethyl adjacent to an activating group) is 2. The second-order valence-corrected chi connectivity index (χ2v) is 13.2. The molecule has 8 nitrogen and oxygen atoms in total. The van der Waals surface area contributed by atoms with Crippen LogP contribution in [0.1, 0.15) is 66.6 Å². The van der Waals surface area contributed by atoms with E-state index in [0.717, 1.165) is 15.8 Å². The molecule has 3 N–H and O–H groups in total. The van der Waals surface area contributed by atoms with E-state index >= 15 is 0 Å². The number of para-hydroxylation sites is 1. The van der Waals surface area contributed by atoms with Crippen LogP contribution in [0.5, 0.6) is 0 Å². The Kier molecular flexibility index (Phi) is 8.42. The van der Waals surface area contributed by atoms with Gasteiger partial charge in [-0.05, 0) is 43.7 Å². The first-order valence-electron chi connectivity index (χ1n) is 13.8. The van der Waals surface area contributed by atoms with Gasteiger partial charge in [-0.3, -0.25) is 9.59 Å². The molecule has 3 rings (SSSR count). The van der Waals surface area contributed by atoms with E-state index in [0.29, 0.717) is 6.54 Å². The number of amides is 2. The zero-order valence-electron chi connectivity index (χ0n) is 25.5. The minimum absolute atomic E-state index is 0.0118. The van der Waals surface area contributed by atoms with Crippen molar-refractivity contribution in [3.05, 3.63) is 47.2 Å². The van der Waals surface area contributed by atoms with Crippen LogP contribution in [0.25, 0.3) is 10.9 Å². The lowest BCUT2D eigenvalue weighted by atomic mass is 9.72. The third-order valence-electron chi connectivity index (χ3n) is 8.43. The van der Waals surface area contributed by atoms with Crippen molar-refractivity contribution >= 4 is 28.7 Å². The van der Waals surface area contributed by atoms with Crippen LogP contribution in [0.4, 0.5) is 0 Å². The molecule has 1 aromatic heterocycles. The maximum atomic E-state index is 14.1. The number of rotatable bonds is 7. The molecule has 4 atom stereocenters. The summed E-state index contributed by atoms with van der Waals surface area (Å²) in [5, 5.41) is 13.7. The molecule has 0 spiro atoms. The van der Waals surface area contributed by atoms with Gasteiger partial charge < -0.3 is 24.8 Å². The summed E-state index contributed by atoms with van der Waals surface area (Å²) in [6.07, 6.45) is 1.62. The third kappa shape index (κ3) is 5.62. The number of carbonyl (C=O) groups excluding carboxylic acids is 2. The van der Waals surface area contributed by atoms with Crippen LogP contribution in [0.15, 0.2) is 35.9 Å². The third-order valence-corrected chi connectivity index (χ3v) is 8.43. The molecule has 0 aliphatic carbocycles. The Morgan fingerprint density at radius 3 is 2.33 bits per heavy atom. The molecule has 0 bridgehead atoms. The summed E-state index contributed by atoms with van der Waals surface area (Å²) in [4.78, 5) is 42.2. The highest BCUT2D eigenvalue weighted by Crippen LogP contribution is 2.39. The standard InChI is InChI=1S/C31H46N4O4/c1-18(2)22(16-19(3)29(38)39)35(11)28(37)25(30(4,5)6)32-27(36)26-31(7,8)24-20-14-12-13-15-21(20)34(10)23(24)17-33(26)9/h12-16,18,22,25-26H,17H2,1-11H3,(H,32,36)(H,38,39)/p+1/t22-,25?,26-/m0/s1. The van der Waals surface area contributed by atoms with Gasteiger partial charge in [-0.2, -0.15) is 0 Å². The summed E-state index contributed by atoms with van der Waals surface area (Å²) >= 11 is 0. The second-order valence-electron chi connectivity index (χ2n) is 13.2. The monoisotopic (exact) mass is 539 g/mol. The molecule has 2 aromatic rings. The number of carboxylic acid groups (broad SMARTS) is 1. The molecule has 8 heteroatoms. The number of hydrogen-bond acceptors (Lipinski definition) is 3. The van der Waals surface area contributed by atoms with E-state index in [1.165, 1.54) is 18.2 Å². The van der Waals surface area contributed by atoms with Crippen LogP contribution in [0.3, 0.4) is 0 Å². The van der Waals surface area contributed by atoms with Gasteiger partial charge in [-0.1, -0.05) is 58.9 Å². The Morgan fingerprint density at radius 2 is 1.79 bits per heavy atom. The maximum absolute atomic E-state index is 14.1. The Morgan fingerprint density at radius 1 is 1.21 bits per heavy atom. The highest BCUT2D eigenvalue weighted by atomic mass is 16.4. The van der Waals surface area contributed by atoms with Gasteiger partial charge in [-0.25, -0.2) is 4.79 Å². The number of hydrogen-bond donors (Lipinski definition) is 3. The molecule has 0 radical (unpaired) electrons. The molecule has 0 saturated heterocycles. The summed E-state index contributed by atoms with van der Waals surface area (Å²) in [7, 11) is 5.81. The van der Waals surface area contributed by atoms with Crippen LogP contribution >= 0.6 is 0 Å². The van der Waals surface area contributed by atoms with E-state index in [1.807, 2.05) is 53.8 Å². The summed E-state index contributed by atoms with van der Waals surface area (Å²) < 4.78 is 2.24. The number of nitrogens with one attached hydrogen (secondary N) is 2. The molecule has 1 aliphatic heterocycles. The van der Waals surface area contributed by atoms with Gasteiger partial charge in [0, 0.05) is 30.6 Å². The molecule has 1 aliphatic rings. The number of carbonyl (C=O) groups is 3. The van der Waals surface area contributed by atoms with Gasteiger partial charge in [0.2, 0.25) is 5.91 Å². The summed E-state index contributed by atoms with van der Waals surface area (Å²) in [5.74, 6) is -1.42. The lowest BCUT2D eigenvalue weighted by molar-refractivity contribution is -0.917. The molecule has 0 saturated carbocycles. The molecular formula is C31H47N4O4+. The first-order chi connectivity index (χ1) is 17.9. The van der Waals surface area contributed by atoms with Gasteiger partial charge in [0.1, 0.15) is 12.6 Å². The van der Waals surface area contributed by atoms with Gasteiger partial charge >= 0.3 is 5.97 Å². The number of nitrogens with zero attached hydrogens (tertiary/aromatic N) is 2. The Bertz CT molecular complexity index is 1300. The van der Waals surface area contributed by atoms with Gasteiger partial charge in [0.25, 0.3) is 5.91 Å². The number of benzene rings is 1. The largest absolute Gasteiger partial charge is 0.478 e. The van der Waals surface area contributed by atoms with E-state index in [1.54, 1.807) is 18.0 Å². The van der Waals surface area contributed by atoms with Crippen LogP contribution < -0.4 is 10.2 Å². The maximum Gasteiger partial charge on any atom is 0.331 e. The predicted molar refractivity (Wildman–Crippen MR) is 154 cm³/mol. The van der Waals surface area contributed by atoms with Gasteiger partial charge in [-0.15, -0.1) is 0 Å². The molecule has 214 valence electrons.